The quantitative estimate of drug-likeness (QED) is 0.0420. The van der Waals surface area contributed by atoms with Crippen LogP contribution in [0, 0.1) is 0 Å². The molecule has 2 atom stereocenters. The maximum Gasteiger partial charge on any atom is 0.220 e. The zero-order chi connectivity index (χ0) is 48.5. The molecule has 2 unspecified atom stereocenters. The molecule has 0 aliphatic rings. The lowest BCUT2D eigenvalue weighted by Gasteiger charge is -2.22. The van der Waals surface area contributed by atoms with E-state index in [2.05, 4.69) is 79.9 Å². The number of rotatable bonds is 55. The van der Waals surface area contributed by atoms with Crippen LogP contribution in [0.3, 0.4) is 0 Å². The Bertz CT molecular complexity index is 1110. The molecule has 392 valence electrons. The molecule has 4 heteroatoms. The summed E-state index contributed by atoms with van der Waals surface area (Å²) in [6, 6.07) is -0.540. The molecule has 0 saturated carbocycles. The number of amides is 1. The molecule has 0 fully saturated rings. The van der Waals surface area contributed by atoms with Crippen molar-refractivity contribution in [3.8, 4) is 0 Å². The average molecular weight is 937 g/mol. The number of allylic oxidation sites excluding steroid dienone is 10. The number of carbonyl (C=O) groups is 1. The monoisotopic (exact) mass is 936 g/mol. The van der Waals surface area contributed by atoms with Gasteiger partial charge in [0.05, 0.1) is 18.8 Å². The lowest BCUT2D eigenvalue weighted by molar-refractivity contribution is -0.123. The van der Waals surface area contributed by atoms with Crippen molar-refractivity contribution in [2.45, 2.75) is 328 Å². The third-order valence-electron chi connectivity index (χ3n) is 13.8. The van der Waals surface area contributed by atoms with Gasteiger partial charge in [-0.25, -0.2) is 0 Å². The Morgan fingerprint density at radius 1 is 0.373 bits per heavy atom. The van der Waals surface area contributed by atoms with Crippen molar-refractivity contribution in [2.75, 3.05) is 6.61 Å². The third-order valence-corrected chi connectivity index (χ3v) is 13.8. The molecular weight excluding hydrogens is 819 g/mol. The number of unbranched alkanes of at least 4 members (excludes halogenated alkanes) is 38. The van der Waals surface area contributed by atoms with Crippen LogP contribution >= 0.6 is 0 Å². The predicted octanol–water partition coefficient (Wildman–Crippen LogP) is 20.0. The van der Waals surface area contributed by atoms with Gasteiger partial charge < -0.3 is 15.5 Å². The van der Waals surface area contributed by atoms with E-state index in [1.807, 2.05) is 0 Å². The summed E-state index contributed by atoms with van der Waals surface area (Å²) in [5.74, 6) is -0.0303. The van der Waals surface area contributed by atoms with Crippen LogP contribution < -0.4 is 5.32 Å². The molecule has 0 aliphatic carbocycles. The van der Waals surface area contributed by atoms with Gasteiger partial charge in [0.2, 0.25) is 5.91 Å². The summed E-state index contributed by atoms with van der Waals surface area (Å²) < 4.78 is 0. The van der Waals surface area contributed by atoms with E-state index in [9.17, 15) is 15.0 Å². The van der Waals surface area contributed by atoms with E-state index in [0.29, 0.717) is 12.8 Å². The van der Waals surface area contributed by atoms with E-state index in [1.54, 1.807) is 0 Å². The van der Waals surface area contributed by atoms with Crippen molar-refractivity contribution in [1.82, 2.24) is 5.32 Å². The minimum atomic E-state index is -0.663. The summed E-state index contributed by atoms with van der Waals surface area (Å²) in [5, 5.41) is 23.4. The first-order chi connectivity index (χ1) is 33.2. The number of carbonyl (C=O) groups excluding carboxylic acids is 1. The normalized spacial score (nSPS) is 13.2. The maximum absolute atomic E-state index is 12.5. The van der Waals surface area contributed by atoms with Crippen LogP contribution in [0.4, 0.5) is 0 Å². The summed E-state index contributed by atoms with van der Waals surface area (Å²) in [6.45, 7) is 4.27. The Balaban J connectivity index is 3.46. The number of hydrogen-bond donors (Lipinski definition) is 3. The Morgan fingerprint density at radius 2 is 0.657 bits per heavy atom. The molecule has 0 radical (unpaired) electrons. The molecule has 0 aromatic heterocycles. The summed E-state index contributed by atoms with van der Waals surface area (Å²) >= 11 is 0. The van der Waals surface area contributed by atoms with Gasteiger partial charge in [-0.05, 0) is 57.8 Å². The van der Waals surface area contributed by atoms with Crippen LogP contribution in [0.5, 0.6) is 0 Å². The SMILES string of the molecule is CC/C=C\C/C=C\C/C=C\C/C=C\C/C=C\CCCCCCCCCCCCCCCC(=O)NC(CO)C(O)CCCCCCCCCCCCCCCCCCCCCCCCCCCC. The van der Waals surface area contributed by atoms with Crippen LogP contribution in [0.15, 0.2) is 60.8 Å². The molecule has 67 heavy (non-hydrogen) atoms. The van der Waals surface area contributed by atoms with E-state index >= 15 is 0 Å². The lowest BCUT2D eigenvalue weighted by atomic mass is 10.0. The van der Waals surface area contributed by atoms with Crippen molar-refractivity contribution in [3.05, 3.63) is 60.8 Å². The summed E-state index contributed by atoms with van der Waals surface area (Å²) in [5.41, 5.74) is 0. The molecule has 0 aliphatic heterocycles. The number of aliphatic hydroxyl groups is 2. The highest BCUT2D eigenvalue weighted by Gasteiger charge is 2.20. The largest absolute Gasteiger partial charge is 0.394 e. The van der Waals surface area contributed by atoms with E-state index in [-0.39, 0.29) is 12.5 Å². The molecule has 0 heterocycles. The zero-order valence-electron chi connectivity index (χ0n) is 45.2. The van der Waals surface area contributed by atoms with Gasteiger partial charge in [0.1, 0.15) is 0 Å². The minimum Gasteiger partial charge on any atom is -0.394 e. The lowest BCUT2D eigenvalue weighted by Crippen LogP contribution is -2.45. The highest BCUT2D eigenvalue weighted by molar-refractivity contribution is 5.76. The first-order valence-corrected chi connectivity index (χ1v) is 30.0. The second kappa shape index (κ2) is 58.4. The smallest absolute Gasteiger partial charge is 0.220 e. The predicted molar refractivity (Wildman–Crippen MR) is 299 cm³/mol. The average Bonchev–Trinajstić information content (AvgIpc) is 3.33. The van der Waals surface area contributed by atoms with E-state index < -0.39 is 12.1 Å². The van der Waals surface area contributed by atoms with Gasteiger partial charge in [0.15, 0.2) is 0 Å². The number of aliphatic hydroxyl groups excluding tert-OH is 2. The van der Waals surface area contributed by atoms with Gasteiger partial charge in [-0.15, -0.1) is 0 Å². The van der Waals surface area contributed by atoms with Gasteiger partial charge in [-0.3, -0.25) is 4.79 Å². The van der Waals surface area contributed by atoms with E-state index in [0.717, 1.165) is 57.8 Å². The minimum absolute atomic E-state index is 0.0303. The zero-order valence-corrected chi connectivity index (χ0v) is 45.2. The molecule has 0 spiro atoms. The van der Waals surface area contributed by atoms with Crippen LogP contribution in [0.2, 0.25) is 0 Å². The molecule has 0 rings (SSSR count). The van der Waals surface area contributed by atoms with Gasteiger partial charge >= 0.3 is 0 Å². The molecule has 4 nitrogen and oxygen atoms in total. The van der Waals surface area contributed by atoms with Crippen molar-refractivity contribution in [1.29, 1.82) is 0 Å². The van der Waals surface area contributed by atoms with Gasteiger partial charge in [-0.2, -0.15) is 0 Å². The van der Waals surface area contributed by atoms with Crippen LogP contribution in [0.25, 0.3) is 0 Å². The van der Waals surface area contributed by atoms with Crippen molar-refractivity contribution >= 4 is 5.91 Å². The Hall–Kier alpha value is -1.91. The van der Waals surface area contributed by atoms with Crippen molar-refractivity contribution < 1.29 is 15.0 Å². The second-order valence-corrected chi connectivity index (χ2v) is 20.4. The molecule has 0 aromatic carbocycles. The van der Waals surface area contributed by atoms with Gasteiger partial charge in [0.25, 0.3) is 0 Å². The van der Waals surface area contributed by atoms with Crippen molar-refractivity contribution in [2.24, 2.45) is 0 Å². The molecule has 3 N–H and O–H groups in total. The fourth-order valence-electron chi connectivity index (χ4n) is 9.27. The Kier molecular flexibility index (Phi) is 56.7. The van der Waals surface area contributed by atoms with Gasteiger partial charge in [0, 0.05) is 6.42 Å². The van der Waals surface area contributed by atoms with Crippen LogP contribution in [-0.2, 0) is 4.79 Å². The topological polar surface area (TPSA) is 69.6 Å². The van der Waals surface area contributed by atoms with Crippen LogP contribution in [0.1, 0.15) is 316 Å². The first kappa shape index (κ1) is 65.1. The summed E-state index contributed by atoms with van der Waals surface area (Å²) in [6.07, 6.45) is 82.2. The summed E-state index contributed by atoms with van der Waals surface area (Å²) in [7, 11) is 0. The highest BCUT2D eigenvalue weighted by Crippen LogP contribution is 2.18. The Labute approximate surface area is 419 Å². The molecule has 0 aromatic rings. The fourth-order valence-corrected chi connectivity index (χ4v) is 9.27. The van der Waals surface area contributed by atoms with Crippen LogP contribution in [-0.4, -0.2) is 34.9 Å². The maximum atomic E-state index is 12.5. The Morgan fingerprint density at radius 3 is 0.985 bits per heavy atom. The first-order valence-electron chi connectivity index (χ1n) is 30.0. The van der Waals surface area contributed by atoms with Crippen molar-refractivity contribution in [3.63, 3.8) is 0 Å². The standard InChI is InChI=1S/C63H117NO3/c1-3-5-7-9-11-13-15-17-19-21-23-25-27-29-31-32-33-35-37-39-41-43-45-47-49-51-53-55-57-59-63(67)64-61(60-65)62(66)58-56-54-52-50-48-46-44-42-40-38-36-34-30-28-26-24-22-20-18-16-14-12-10-8-6-4-2/h5,7,11,13,17,19,23,25,29,31,61-62,65-66H,3-4,6,8-10,12,14-16,18,20-22,24,26-28,30,32-60H2,1-2H3,(H,64,67)/b7-5-,13-11-,19-17-,25-23-,31-29-. The molecular formula is C63H117NO3. The third kappa shape index (κ3) is 54.9. The fraction of sp³-hybridized carbons (Fsp3) is 0.825. The molecule has 0 bridgehead atoms. The highest BCUT2D eigenvalue weighted by atomic mass is 16.3. The molecule has 0 saturated heterocycles. The summed E-state index contributed by atoms with van der Waals surface area (Å²) in [4.78, 5) is 12.5. The van der Waals surface area contributed by atoms with E-state index in [4.69, 9.17) is 0 Å². The number of hydrogen-bond acceptors (Lipinski definition) is 3. The number of nitrogens with one attached hydrogen (secondary N) is 1. The van der Waals surface area contributed by atoms with E-state index in [1.165, 1.54) is 231 Å². The molecule has 1 amide bonds. The van der Waals surface area contributed by atoms with Gasteiger partial charge in [-0.1, -0.05) is 312 Å². The second-order valence-electron chi connectivity index (χ2n) is 20.4.